The van der Waals surface area contributed by atoms with Crippen LogP contribution in [0, 0.1) is 11.8 Å². The summed E-state index contributed by atoms with van der Waals surface area (Å²) in [6.07, 6.45) is 1.08. The van der Waals surface area contributed by atoms with Gasteiger partial charge in [0, 0.05) is 13.1 Å². The summed E-state index contributed by atoms with van der Waals surface area (Å²) in [6.45, 7) is 5.09. The summed E-state index contributed by atoms with van der Waals surface area (Å²) in [7, 11) is 0. The van der Waals surface area contributed by atoms with Crippen LogP contribution in [0.2, 0.25) is 15.2 Å². The predicted molar refractivity (Wildman–Crippen MR) is 93.5 cm³/mol. The third kappa shape index (κ3) is 4.23. The molecule has 0 aromatic carbocycles. The molecule has 2 N–H and O–H groups in total. The maximum atomic E-state index is 12.2. The molecule has 24 heavy (non-hydrogen) atoms. The number of anilines is 1. The van der Waals surface area contributed by atoms with Gasteiger partial charge in [-0.1, -0.05) is 48.7 Å². The highest BCUT2D eigenvalue weighted by molar-refractivity contribution is 6.46. The summed E-state index contributed by atoms with van der Waals surface area (Å²) < 4.78 is 5.01. The number of likely N-dealkylation sites (tertiary alicyclic amines) is 1. The van der Waals surface area contributed by atoms with Crippen LogP contribution in [0.1, 0.15) is 30.8 Å². The zero-order valence-corrected chi connectivity index (χ0v) is 15.6. The van der Waals surface area contributed by atoms with Crippen molar-refractivity contribution in [3.8, 4) is 0 Å². The number of esters is 1. The Labute approximate surface area is 155 Å². The van der Waals surface area contributed by atoms with Crippen LogP contribution in [0.3, 0.4) is 0 Å². The van der Waals surface area contributed by atoms with Gasteiger partial charge in [-0.2, -0.15) is 0 Å². The van der Waals surface area contributed by atoms with Crippen molar-refractivity contribution in [2.45, 2.75) is 20.3 Å². The molecule has 0 saturated carbocycles. The fourth-order valence-electron chi connectivity index (χ4n) is 2.82. The molecule has 6 nitrogen and oxygen atoms in total. The van der Waals surface area contributed by atoms with Crippen molar-refractivity contribution >= 4 is 52.4 Å². The Bertz CT molecular complexity index is 659. The minimum absolute atomic E-state index is 0.0365. The number of hydrogen-bond donors (Lipinski definition) is 1. The highest BCUT2D eigenvalue weighted by atomic mass is 35.5. The average Bonchev–Trinajstić information content (AvgIpc) is 2.52. The molecule has 1 fully saturated rings. The highest BCUT2D eigenvalue weighted by Gasteiger charge is 2.27. The molecule has 1 aromatic rings. The molecule has 1 aliphatic rings. The zero-order chi connectivity index (χ0) is 18.0. The second-order valence-corrected chi connectivity index (χ2v) is 7.23. The first kappa shape index (κ1) is 19.1. The molecule has 1 aliphatic heterocycles. The van der Waals surface area contributed by atoms with Gasteiger partial charge in [-0.05, 0) is 18.3 Å². The van der Waals surface area contributed by atoms with E-state index in [1.54, 1.807) is 4.90 Å². The summed E-state index contributed by atoms with van der Waals surface area (Å²) in [5.41, 5.74) is 5.33. The number of piperidine rings is 1. The molecule has 2 rings (SSSR count). The SMILES string of the molecule is CC1CC(C)CN(C(=O)COC(=O)c2nc(Cl)c(Cl)c(N)c2Cl)C1. The molecule has 0 spiro atoms. The maximum absolute atomic E-state index is 12.2. The second kappa shape index (κ2) is 7.76. The fraction of sp³-hybridized carbons (Fsp3) is 0.533. The summed E-state index contributed by atoms with van der Waals surface area (Å²) in [6, 6.07) is 0. The minimum Gasteiger partial charge on any atom is -0.451 e. The molecule has 1 saturated heterocycles. The van der Waals surface area contributed by atoms with E-state index in [0.29, 0.717) is 24.9 Å². The molecular formula is C15H18Cl3N3O3. The maximum Gasteiger partial charge on any atom is 0.359 e. The van der Waals surface area contributed by atoms with E-state index in [1.807, 2.05) is 0 Å². The quantitative estimate of drug-likeness (QED) is 0.628. The fourth-order valence-corrected chi connectivity index (χ4v) is 3.41. The van der Waals surface area contributed by atoms with Crippen LogP contribution in [-0.2, 0) is 9.53 Å². The lowest BCUT2D eigenvalue weighted by Gasteiger charge is -2.34. The van der Waals surface area contributed by atoms with E-state index in [1.165, 1.54) is 0 Å². The second-order valence-electron chi connectivity index (χ2n) is 6.11. The lowest BCUT2D eigenvalue weighted by molar-refractivity contribution is -0.137. The van der Waals surface area contributed by atoms with E-state index >= 15 is 0 Å². The topological polar surface area (TPSA) is 85.5 Å². The Morgan fingerprint density at radius 1 is 1.21 bits per heavy atom. The van der Waals surface area contributed by atoms with Gasteiger partial charge in [0.15, 0.2) is 17.5 Å². The van der Waals surface area contributed by atoms with Gasteiger partial charge in [0.25, 0.3) is 5.91 Å². The molecule has 132 valence electrons. The smallest absolute Gasteiger partial charge is 0.359 e. The number of rotatable bonds is 3. The van der Waals surface area contributed by atoms with Gasteiger partial charge in [0.2, 0.25) is 0 Å². The molecule has 2 unspecified atom stereocenters. The summed E-state index contributed by atoms with van der Waals surface area (Å²) in [4.78, 5) is 29.8. The van der Waals surface area contributed by atoms with Crippen LogP contribution in [0.25, 0.3) is 0 Å². The first-order valence-corrected chi connectivity index (χ1v) is 8.59. The average molecular weight is 395 g/mol. The van der Waals surface area contributed by atoms with E-state index in [4.69, 9.17) is 45.3 Å². The number of nitrogens with zero attached hydrogens (tertiary/aromatic N) is 2. The molecule has 9 heteroatoms. The number of amides is 1. The first-order chi connectivity index (χ1) is 11.2. The largest absolute Gasteiger partial charge is 0.451 e. The zero-order valence-electron chi connectivity index (χ0n) is 13.3. The van der Waals surface area contributed by atoms with Gasteiger partial charge >= 0.3 is 5.97 Å². The molecule has 2 heterocycles. The van der Waals surface area contributed by atoms with Gasteiger partial charge < -0.3 is 15.4 Å². The lowest BCUT2D eigenvalue weighted by atomic mass is 9.92. The van der Waals surface area contributed by atoms with Crippen molar-refractivity contribution < 1.29 is 14.3 Å². The number of aromatic nitrogens is 1. The molecular weight excluding hydrogens is 377 g/mol. The lowest BCUT2D eigenvalue weighted by Crippen LogP contribution is -2.44. The van der Waals surface area contributed by atoms with E-state index < -0.39 is 12.6 Å². The standard InChI is InChI=1S/C15H18Cl3N3O3/c1-7-3-8(2)5-21(4-7)9(22)6-24-15(23)13-10(16)12(19)11(17)14(18)20-13/h7-8H,3-6H2,1-2H3,(H2,19,20). The van der Waals surface area contributed by atoms with Crippen molar-refractivity contribution in [3.05, 3.63) is 20.9 Å². The van der Waals surface area contributed by atoms with Crippen LogP contribution < -0.4 is 5.73 Å². The molecule has 0 bridgehead atoms. The van der Waals surface area contributed by atoms with Gasteiger partial charge in [-0.3, -0.25) is 4.79 Å². The summed E-state index contributed by atoms with van der Waals surface area (Å²) in [5, 5.41) is -0.344. The van der Waals surface area contributed by atoms with Crippen LogP contribution in [0.5, 0.6) is 0 Å². The van der Waals surface area contributed by atoms with Gasteiger partial charge in [0.1, 0.15) is 5.02 Å². The number of hydrogen-bond acceptors (Lipinski definition) is 5. The Morgan fingerprint density at radius 3 is 2.38 bits per heavy atom. The molecule has 1 amide bonds. The van der Waals surface area contributed by atoms with E-state index in [-0.39, 0.29) is 32.5 Å². The van der Waals surface area contributed by atoms with Crippen molar-refractivity contribution in [1.29, 1.82) is 0 Å². The number of pyridine rings is 1. The van der Waals surface area contributed by atoms with Crippen molar-refractivity contribution in [2.75, 3.05) is 25.4 Å². The Hall–Kier alpha value is -1.24. The monoisotopic (exact) mass is 393 g/mol. The number of nitrogen functional groups attached to an aromatic ring is 1. The molecule has 2 atom stereocenters. The van der Waals surface area contributed by atoms with E-state index in [9.17, 15) is 9.59 Å². The summed E-state index contributed by atoms with van der Waals surface area (Å²) in [5.74, 6) is -0.304. The Kier molecular flexibility index (Phi) is 6.17. The number of carbonyl (C=O) groups excluding carboxylic acids is 2. The highest BCUT2D eigenvalue weighted by Crippen LogP contribution is 2.34. The van der Waals surface area contributed by atoms with Crippen LogP contribution in [0.4, 0.5) is 5.69 Å². The van der Waals surface area contributed by atoms with Crippen molar-refractivity contribution in [2.24, 2.45) is 11.8 Å². The molecule has 0 radical (unpaired) electrons. The van der Waals surface area contributed by atoms with Crippen LogP contribution >= 0.6 is 34.8 Å². The number of nitrogens with two attached hydrogens (primary N) is 1. The molecule has 1 aromatic heterocycles. The summed E-state index contributed by atoms with van der Waals surface area (Å²) >= 11 is 17.5. The van der Waals surface area contributed by atoms with Crippen LogP contribution in [-0.4, -0.2) is 41.5 Å². The molecule has 0 aliphatic carbocycles. The number of ether oxygens (including phenoxy) is 1. The first-order valence-electron chi connectivity index (χ1n) is 7.45. The predicted octanol–water partition coefficient (Wildman–Crippen LogP) is 3.29. The van der Waals surface area contributed by atoms with Gasteiger partial charge in [-0.15, -0.1) is 0 Å². The van der Waals surface area contributed by atoms with Crippen molar-refractivity contribution in [1.82, 2.24) is 9.88 Å². The minimum atomic E-state index is -0.878. The van der Waals surface area contributed by atoms with Crippen molar-refractivity contribution in [3.63, 3.8) is 0 Å². The number of halogens is 3. The van der Waals surface area contributed by atoms with Gasteiger partial charge in [-0.25, -0.2) is 9.78 Å². The third-order valence-corrected chi connectivity index (χ3v) is 4.95. The number of carbonyl (C=O) groups is 2. The Balaban J connectivity index is 2.02. The van der Waals surface area contributed by atoms with Crippen LogP contribution in [0.15, 0.2) is 0 Å². The third-order valence-electron chi connectivity index (χ3n) is 3.81. The normalized spacial score (nSPS) is 20.8. The van der Waals surface area contributed by atoms with E-state index in [2.05, 4.69) is 18.8 Å². The van der Waals surface area contributed by atoms with Gasteiger partial charge in [0.05, 0.1) is 10.7 Å². The van der Waals surface area contributed by atoms with E-state index in [0.717, 1.165) is 6.42 Å². The Morgan fingerprint density at radius 2 is 1.79 bits per heavy atom.